The second-order valence-corrected chi connectivity index (χ2v) is 5.57. The number of carbonyl (C=O) groups is 2. The number of carbonyl (C=O) groups excluding carboxylic acids is 2. The molecule has 0 spiro atoms. The van der Waals surface area contributed by atoms with Crippen LogP contribution in [-0.2, 0) is 9.59 Å². The van der Waals surface area contributed by atoms with Crippen LogP contribution in [0.2, 0.25) is 15.1 Å². The van der Waals surface area contributed by atoms with E-state index in [2.05, 4.69) is 5.32 Å². The summed E-state index contributed by atoms with van der Waals surface area (Å²) in [6.07, 6.45) is 0. The first-order valence-corrected chi connectivity index (χ1v) is 6.67. The number of benzene rings is 1. The number of esters is 1. The summed E-state index contributed by atoms with van der Waals surface area (Å²) in [5, 5.41) is 3.18. The molecule has 4 nitrogen and oxygen atoms in total. The van der Waals surface area contributed by atoms with Crippen molar-refractivity contribution in [2.75, 3.05) is 6.54 Å². The van der Waals surface area contributed by atoms with Gasteiger partial charge in [-0.05, 0) is 18.1 Å². The molecule has 1 aliphatic rings. The summed E-state index contributed by atoms with van der Waals surface area (Å²) in [6, 6.07) is 2.82. The second kappa shape index (κ2) is 5.57. The van der Waals surface area contributed by atoms with E-state index in [1.165, 1.54) is 12.1 Å². The Bertz CT molecular complexity index is 524. The van der Waals surface area contributed by atoms with Crippen molar-refractivity contribution in [2.24, 2.45) is 11.8 Å². The zero-order valence-corrected chi connectivity index (χ0v) is 12.1. The van der Waals surface area contributed by atoms with E-state index >= 15 is 0 Å². The van der Waals surface area contributed by atoms with Crippen LogP contribution in [0.1, 0.15) is 6.92 Å². The molecule has 2 rings (SSSR count). The topological polar surface area (TPSA) is 55.4 Å². The van der Waals surface area contributed by atoms with E-state index in [1.807, 2.05) is 0 Å². The molecule has 1 fully saturated rings. The molecule has 1 aromatic carbocycles. The van der Waals surface area contributed by atoms with Crippen LogP contribution in [0.15, 0.2) is 12.1 Å². The Kier molecular flexibility index (Phi) is 4.23. The lowest BCUT2D eigenvalue weighted by atomic mass is 9.98. The fourth-order valence-electron chi connectivity index (χ4n) is 1.88. The van der Waals surface area contributed by atoms with Crippen molar-refractivity contribution in [1.29, 1.82) is 0 Å². The Labute approximate surface area is 125 Å². The van der Waals surface area contributed by atoms with Gasteiger partial charge in [0.25, 0.3) is 0 Å². The number of halogens is 3. The SMILES string of the molecule is CC1CNC(=O)C1C(=O)Oc1c(Cl)cc(Cl)cc1Cl. The number of nitrogens with one attached hydrogen (secondary N) is 1. The number of hydrogen-bond acceptors (Lipinski definition) is 3. The third-order valence-corrected chi connectivity index (χ3v) is 3.65. The predicted octanol–water partition coefficient (Wildman–Crippen LogP) is 2.93. The summed E-state index contributed by atoms with van der Waals surface area (Å²) in [5.74, 6) is -1.98. The second-order valence-electron chi connectivity index (χ2n) is 4.32. The minimum atomic E-state index is -0.845. The third kappa shape index (κ3) is 2.96. The first-order chi connectivity index (χ1) is 8.90. The summed E-state index contributed by atoms with van der Waals surface area (Å²) in [4.78, 5) is 23.5. The van der Waals surface area contributed by atoms with Gasteiger partial charge in [-0.25, -0.2) is 0 Å². The van der Waals surface area contributed by atoms with Gasteiger partial charge in [-0.2, -0.15) is 0 Å². The zero-order chi connectivity index (χ0) is 14.2. The standard InChI is InChI=1S/C12H10Cl3NO3/c1-5-4-16-11(17)9(5)12(18)19-10-7(14)2-6(13)3-8(10)15/h2-3,5,9H,4H2,1H3,(H,16,17). The molecular weight excluding hydrogens is 312 g/mol. The summed E-state index contributed by atoms with van der Waals surface area (Å²) >= 11 is 17.6. The molecular formula is C12H10Cl3NO3. The van der Waals surface area contributed by atoms with Crippen LogP contribution >= 0.6 is 34.8 Å². The fraction of sp³-hybridized carbons (Fsp3) is 0.333. The largest absolute Gasteiger partial charge is 0.423 e. The fourth-order valence-corrected chi connectivity index (χ4v) is 2.77. The number of rotatable bonds is 2. The third-order valence-electron chi connectivity index (χ3n) is 2.87. The van der Waals surface area contributed by atoms with Crippen molar-refractivity contribution >= 4 is 46.7 Å². The monoisotopic (exact) mass is 321 g/mol. The summed E-state index contributed by atoms with van der Waals surface area (Å²) in [5.41, 5.74) is 0. The molecule has 2 unspecified atom stereocenters. The maximum absolute atomic E-state index is 12.0. The zero-order valence-electron chi connectivity index (χ0n) is 9.88. The highest BCUT2D eigenvalue weighted by molar-refractivity contribution is 6.40. The first-order valence-electron chi connectivity index (χ1n) is 5.54. The Morgan fingerprint density at radius 3 is 2.37 bits per heavy atom. The molecule has 1 aliphatic heterocycles. The highest BCUT2D eigenvalue weighted by Gasteiger charge is 2.39. The summed E-state index contributed by atoms with van der Waals surface area (Å²) in [7, 11) is 0. The quantitative estimate of drug-likeness (QED) is 0.517. The molecule has 1 amide bonds. The molecule has 102 valence electrons. The maximum Gasteiger partial charge on any atom is 0.324 e. The molecule has 1 aromatic rings. The highest BCUT2D eigenvalue weighted by atomic mass is 35.5. The normalized spacial score (nSPS) is 22.2. The molecule has 7 heteroatoms. The van der Waals surface area contributed by atoms with E-state index in [1.54, 1.807) is 6.92 Å². The van der Waals surface area contributed by atoms with E-state index in [0.29, 0.717) is 11.6 Å². The van der Waals surface area contributed by atoms with Crippen LogP contribution in [-0.4, -0.2) is 18.4 Å². The number of amides is 1. The minimum absolute atomic E-state index is 0.0182. The van der Waals surface area contributed by atoms with Crippen LogP contribution < -0.4 is 10.1 Å². The van der Waals surface area contributed by atoms with Crippen molar-refractivity contribution in [3.05, 3.63) is 27.2 Å². The van der Waals surface area contributed by atoms with E-state index in [9.17, 15) is 9.59 Å². The molecule has 0 aliphatic carbocycles. The molecule has 1 N–H and O–H groups in total. The summed E-state index contributed by atoms with van der Waals surface area (Å²) < 4.78 is 5.13. The Hall–Kier alpha value is -0.970. The molecule has 0 bridgehead atoms. The van der Waals surface area contributed by atoms with Crippen LogP contribution in [0.3, 0.4) is 0 Å². The average molecular weight is 323 g/mol. The average Bonchev–Trinajstić information content (AvgIpc) is 2.63. The maximum atomic E-state index is 12.0. The Morgan fingerprint density at radius 2 is 1.89 bits per heavy atom. The van der Waals surface area contributed by atoms with Gasteiger partial charge < -0.3 is 10.1 Å². The number of hydrogen-bond donors (Lipinski definition) is 1. The molecule has 2 atom stereocenters. The van der Waals surface area contributed by atoms with Gasteiger partial charge >= 0.3 is 5.97 Å². The van der Waals surface area contributed by atoms with Crippen molar-refractivity contribution in [1.82, 2.24) is 5.32 Å². The number of ether oxygens (including phenoxy) is 1. The van der Waals surface area contributed by atoms with Gasteiger partial charge in [-0.1, -0.05) is 41.7 Å². The Morgan fingerprint density at radius 1 is 1.32 bits per heavy atom. The lowest BCUT2D eigenvalue weighted by Crippen LogP contribution is -2.30. The van der Waals surface area contributed by atoms with E-state index in [-0.39, 0.29) is 27.6 Å². The van der Waals surface area contributed by atoms with Gasteiger partial charge in [-0.15, -0.1) is 0 Å². The predicted molar refractivity (Wildman–Crippen MR) is 72.8 cm³/mol. The lowest BCUT2D eigenvalue weighted by molar-refractivity contribution is -0.144. The van der Waals surface area contributed by atoms with Crippen molar-refractivity contribution in [3.8, 4) is 5.75 Å². The molecule has 1 saturated heterocycles. The minimum Gasteiger partial charge on any atom is -0.423 e. The molecule has 0 radical (unpaired) electrons. The lowest BCUT2D eigenvalue weighted by Gasteiger charge is -2.13. The van der Waals surface area contributed by atoms with Crippen LogP contribution in [0.5, 0.6) is 5.75 Å². The van der Waals surface area contributed by atoms with E-state index in [4.69, 9.17) is 39.5 Å². The van der Waals surface area contributed by atoms with Crippen LogP contribution in [0, 0.1) is 11.8 Å². The van der Waals surface area contributed by atoms with Gasteiger partial charge in [0.15, 0.2) is 5.75 Å². The highest BCUT2D eigenvalue weighted by Crippen LogP contribution is 2.36. The van der Waals surface area contributed by atoms with Crippen LogP contribution in [0.4, 0.5) is 0 Å². The van der Waals surface area contributed by atoms with Crippen LogP contribution in [0.25, 0.3) is 0 Å². The summed E-state index contributed by atoms with van der Waals surface area (Å²) in [6.45, 7) is 2.23. The van der Waals surface area contributed by atoms with Gasteiger partial charge in [0.05, 0.1) is 10.0 Å². The molecule has 0 aromatic heterocycles. The smallest absolute Gasteiger partial charge is 0.324 e. The van der Waals surface area contributed by atoms with E-state index in [0.717, 1.165) is 0 Å². The molecule has 19 heavy (non-hydrogen) atoms. The van der Waals surface area contributed by atoms with E-state index < -0.39 is 11.9 Å². The van der Waals surface area contributed by atoms with Gasteiger partial charge in [0.2, 0.25) is 5.91 Å². The molecule has 0 saturated carbocycles. The van der Waals surface area contributed by atoms with Gasteiger partial charge in [0, 0.05) is 11.6 Å². The van der Waals surface area contributed by atoms with Crippen molar-refractivity contribution < 1.29 is 14.3 Å². The first kappa shape index (κ1) is 14.4. The molecule has 1 heterocycles. The Balaban J connectivity index is 2.22. The van der Waals surface area contributed by atoms with Crippen molar-refractivity contribution in [3.63, 3.8) is 0 Å². The van der Waals surface area contributed by atoms with Gasteiger partial charge in [-0.3, -0.25) is 9.59 Å². The van der Waals surface area contributed by atoms with Crippen molar-refractivity contribution in [2.45, 2.75) is 6.92 Å². The van der Waals surface area contributed by atoms with Gasteiger partial charge in [0.1, 0.15) is 5.92 Å².